The Balaban J connectivity index is 1.61. The van der Waals surface area contributed by atoms with E-state index in [1.807, 2.05) is 24.1 Å². The Morgan fingerprint density at radius 2 is 2.04 bits per heavy atom. The minimum absolute atomic E-state index is 0.0114. The van der Waals surface area contributed by atoms with Crippen molar-refractivity contribution in [2.45, 2.75) is 18.9 Å². The van der Waals surface area contributed by atoms with E-state index >= 15 is 0 Å². The van der Waals surface area contributed by atoms with Crippen molar-refractivity contribution in [2.75, 3.05) is 30.0 Å². The normalized spacial score (nSPS) is 18.4. The first-order valence-electron chi connectivity index (χ1n) is 8.37. The molecule has 3 rings (SSSR count). The molecule has 1 N–H and O–H groups in total. The van der Waals surface area contributed by atoms with E-state index < -0.39 is 9.84 Å². The molecule has 9 heteroatoms. The summed E-state index contributed by atoms with van der Waals surface area (Å²) in [6, 6.07) is 5.08. The molecule has 1 atom stereocenters. The highest BCUT2D eigenvalue weighted by Gasteiger charge is 2.29. The van der Waals surface area contributed by atoms with Crippen LogP contribution in [0, 0.1) is 0 Å². The van der Waals surface area contributed by atoms with Crippen LogP contribution >= 0.6 is 0 Å². The van der Waals surface area contributed by atoms with E-state index in [9.17, 15) is 13.2 Å². The molecule has 0 saturated carbocycles. The molecule has 1 amide bonds. The van der Waals surface area contributed by atoms with Crippen LogP contribution in [0.3, 0.4) is 0 Å². The molecular weight excluding hydrogens is 354 g/mol. The summed E-state index contributed by atoms with van der Waals surface area (Å²) in [5, 5.41) is 2.74. The Morgan fingerprint density at radius 3 is 2.73 bits per heavy atom. The molecule has 0 bridgehead atoms. The average molecular weight is 375 g/mol. The van der Waals surface area contributed by atoms with E-state index in [-0.39, 0.29) is 29.1 Å². The number of sulfone groups is 1. The zero-order valence-corrected chi connectivity index (χ0v) is 15.3. The molecule has 0 aromatic carbocycles. The number of amides is 1. The second-order valence-corrected chi connectivity index (χ2v) is 8.57. The standard InChI is InChI=1S/C17H21N5O3S/c1-22(10-5-13-2-7-18-8-3-13)17-19-9-4-15(21-17)16(23)20-14-6-11-26(24,25)12-14/h2-4,7-9,14H,5-6,10-12H2,1H3,(H,20,23). The quantitative estimate of drug-likeness (QED) is 0.782. The summed E-state index contributed by atoms with van der Waals surface area (Å²) in [5.74, 6) is 0.178. The van der Waals surface area contributed by atoms with E-state index in [4.69, 9.17) is 0 Å². The highest BCUT2D eigenvalue weighted by Crippen LogP contribution is 2.13. The van der Waals surface area contributed by atoms with Crippen molar-refractivity contribution in [3.63, 3.8) is 0 Å². The maximum absolute atomic E-state index is 12.3. The van der Waals surface area contributed by atoms with Gasteiger partial charge in [-0.1, -0.05) is 0 Å². The number of hydrogen-bond donors (Lipinski definition) is 1. The molecule has 1 fully saturated rings. The highest BCUT2D eigenvalue weighted by atomic mass is 32.2. The largest absolute Gasteiger partial charge is 0.347 e. The van der Waals surface area contributed by atoms with Gasteiger partial charge in [-0.25, -0.2) is 18.4 Å². The zero-order valence-electron chi connectivity index (χ0n) is 14.5. The number of rotatable bonds is 6. The number of likely N-dealkylation sites (N-methyl/N-ethyl adjacent to an activating group) is 1. The van der Waals surface area contributed by atoms with Crippen LogP contribution in [0.5, 0.6) is 0 Å². The molecule has 3 heterocycles. The fourth-order valence-corrected chi connectivity index (χ4v) is 4.45. The van der Waals surface area contributed by atoms with Gasteiger partial charge in [-0.3, -0.25) is 9.78 Å². The molecular formula is C17H21N5O3S. The van der Waals surface area contributed by atoms with E-state index in [0.29, 0.717) is 18.9 Å². The minimum Gasteiger partial charge on any atom is -0.347 e. The SMILES string of the molecule is CN(CCc1ccncc1)c1nccc(C(=O)NC2CCS(=O)(=O)C2)n1. The first kappa shape index (κ1) is 18.2. The van der Waals surface area contributed by atoms with Gasteiger partial charge in [0.15, 0.2) is 9.84 Å². The van der Waals surface area contributed by atoms with Gasteiger partial charge in [0, 0.05) is 38.2 Å². The van der Waals surface area contributed by atoms with E-state index in [1.165, 1.54) is 12.3 Å². The van der Waals surface area contributed by atoms with Crippen molar-refractivity contribution >= 4 is 21.7 Å². The summed E-state index contributed by atoms with van der Waals surface area (Å²) >= 11 is 0. The lowest BCUT2D eigenvalue weighted by atomic mass is 10.2. The molecule has 26 heavy (non-hydrogen) atoms. The molecule has 0 aliphatic carbocycles. The summed E-state index contributed by atoms with van der Waals surface area (Å²) in [6.07, 6.45) is 6.28. The molecule has 1 aliphatic rings. The van der Waals surface area contributed by atoms with Gasteiger partial charge >= 0.3 is 0 Å². The Morgan fingerprint density at radius 1 is 1.27 bits per heavy atom. The lowest BCUT2D eigenvalue weighted by Crippen LogP contribution is -2.36. The summed E-state index contributed by atoms with van der Waals surface area (Å²) in [7, 11) is -1.18. The van der Waals surface area contributed by atoms with Gasteiger partial charge in [-0.05, 0) is 36.6 Å². The van der Waals surface area contributed by atoms with Crippen molar-refractivity contribution < 1.29 is 13.2 Å². The van der Waals surface area contributed by atoms with Gasteiger partial charge < -0.3 is 10.2 Å². The number of anilines is 1. The first-order chi connectivity index (χ1) is 12.4. The number of carbonyl (C=O) groups excluding carboxylic acids is 1. The maximum Gasteiger partial charge on any atom is 0.270 e. The van der Waals surface area contributed by atoms with Crippen LogP contribution in [0.15, 0.2) is 36.8 Å². The lowest BCUT2D eigenvalue weighted by molar-refractivity contribution is 0.0936. The van der Waals surface area contributed by atoms with Gasteiger partial charge in [0.2, 0.25) is 5.95 Å². The monoisotopic (exact) mass is 375 g/mol. The fraction of sp³-hybridized carbons (Fsp3) is 0.412. The second kappa shape index (κ2) is 7.77. The van der Waals surface area contributed by atoms with Crippen molar-refractivity contribution in [2.24, 2.45) is 0 Å². The van der Waals surface area contributed by atoms with Crippen molar-refractivity contribution in [1.82, 2.24) is 20.3 Å². The molecule has 1 aliphatic heterocycles. The maximum atomic E-state index is 12.3. The molecule has 1 saturated heterocycles. The molecule has 1 unspecified atom stereocenters. The van der Waals surface area contributed by atoms with E-state index in [2.05, 4.69) is 20.3 Å². The number of carbonyl (C=O) groups is 1. The molecule has 2 aromatic heterocycles. The molecule has 138 valence electrons. The van der Waals surface area contributed by atoms with Crippen molar-refractivity contribution in [1.29, 1.82) is 0 Å². The van der Waals surface area contributed by atoms with Gasteiger partial charge in [-0.15, -0.1) is 0 Å². The average Bonchev–Trinajstić information content (AvgIpc) is 2.99. The fourth-order valence-electron chi connectivity index (χ4n) is 2.77. The Bertz CT molecular complexity index is 873. The summed E-state index contributed by atoms with van der Waals surface area (Å²) in [6.45, 7) is 0.690. The summed E-state index contributed by atoms with van der Waals surface area (Å²) in [5.41, 5.74) is 1.39. The van der Waals surface area contributed by atoms with E-state index in [0.717, 1.165) is 12.0 Å². The number of pyridine rings is 1. The van der Waals surface area contributed by atoms with Gasteiger partial charge in [0.1, 0.15) is 5.69 Å². The number of hydrogen-bond acceptors (Lipinski definition) is 7. The van der Waals surface area contributed by atoms with Crippen LogP contribution in [0.25, 0.3) is 0 Å². The van der Waals surface area contributed by atoms with Gasteiger partial charge in [-0.2, -0.15) is 0 Å². The van der Waals surface area contributed by atoms with Crippen LogP contribution in [0.2, 0.25) is 0 Å². The van der Waals surface area contributed by atoms with Crippen LogP contribution < -0.4 is 10.2 Å². The predicted octanol–water partition coefficient (Wildman–Crippen LogP) is 0.467. The highest BCUT2D eigenvalue weighted by molar-refractivity contribution is 7.91. The molecule has 8 nitrogen and oxygen atoms in total. The van der Waals surface area contributed by atoms with Crippen LogP contribution in [-0.2, 0) is 16.3 Å². The second-order valence-electron chi connectivity index (χ2n) is 6.34. The topological polar surface area (TPSA) is 105 Å². The summed E-state index contributed by atoms with van der Waals surface area (Å²) < 4.78 is 23.0. The van der Waals surface area contributed by atoms with Crippen molar-refractivity contribution in [3.05, 3.63) is 48.0 Å². The Kier molecular flexibility index (Phi) is 5.46. The van der Waals surface area contributed by atoms with Crippen LogP contribution in [0.1, 0.15) is 22.5 Å². The smallest absolute Gasteiger partial charge is 0.270 e. The number of nitrogens with one attached hydrogen (secondary N) is 1. The van der Waals surface area contributed by atoms with Gasteiger partial charge in [0.25, 0.3) is 5.91 Å². The zero-order chi connectivity index (χ0) is 18.6. The summed E-state index contributed by atoms with van der Waals surface area (Å²) in [4.78, 5) is 26.7. The third-order valence-electron chi connectivity index (χ3n) is 4.27. The first-order valence-corrected chi connectivity index (χ1v) is 10.2. The van der Waals surface area contributed by atoms with E-state index in [1.54, 1.807) is 12.4 Å². The number of nitrogens with zero attached hydrogens (tertiary/aromatic N) is 4. The molecule has 0 radical (unpaired) electrons. The minimum atomic E-state index is -3.04. The van der Waals surface area contributed by atoms with Crippen molar-refractivity contribution in [3.8, 4) is 0 Å². The van der Waals surface area contributed by atoms with Gasteiger partial charge in [0.05, 0.1) is 11.5 Å². The molecule has 2 aromatic rings. The third-order valence-corrected chi connectivity index (χ3v) is 6.04. The Labute approximate surface area is 152 Å². The predicted molar refractivity (Wildman–Crippen MR) is 97.8 cm³/mol. The molecule has 0 spiro atoms. The Hall–Kier alpha value is -2.55. The third kappa shape index (κ3) is 4.75. The lowest BCUT2D eigenvalue weighted by Gasteiger charge is -2.17. The van der Waals surface area contributed by atoms with Crippen LogP contribution in [-0.4, -0.2) is 60.4 Å². The number of aromatic nitrogens is 3. The van der Waals surface area contributed by atoms with Crippen LogP contribution in [0.4, 0.5) is 5.95 Å².